The number of nitrogens with zero attached hydrogens (tertiary/aromatic N) is 5. The van der Waals surface area contributed by atoms with E-state index in [9.17, 15) is 0 Å². The Morgan fingerprint density at radius 3 is 2.72 bits per heavy atom. The molecular weight excluding hydrogens is 310 g/mol. The molecule has 25 heavy (non-hydrogen) atoms. The standard InChI is InChI=1S/C20H23N5/c21-11-18-12-23-20(13-22-18)25-10-8-19-17(15-25)7-4-9-24(19)14-16-5-2-1-3-6-16/h1-3,5-6,12-13,17,19H,4,7-10,14-15H2/t17-,19+/m1/s1. The van der Waals surface area contributed by atoms with Crippen LogP contribution in [0.2, 0.25) is 0 Å². The maximum Gasteiger partial charge on any atom is 0.158 e. The van der Waals surface area contributed by atoms with Crippen LogP contribution in [0.5, 0.6) is 0 Å². The molecule has 2 aliphatic heterocycles. The number of piperidine rings is 2. The molecule has 0 saturated carbocycles. The average Bonchev–Trinajstić information content (AvgIpc) is 2.69. The molecule has 2 saturated heterocycles. The molecule has 1 aromatic carbocycles. The van der Waals surface area contributed by atoms with Crippen molar-refractivity contribution in [3.63, 3.8) is 0 Å². The van der Waals surface area contributed by atoms with Crippen molar-refractivity contribution in [2.24, 2.45) is 5.92 Å². The van der Waals surface area contributed by atoms with Crippen LogP contribution in [0.3, 0.4) is 0 Å². The van der Waals surface area contributed by atoms with Crippen LogP contribution < -0.4 is 4.90 Å². The first kappa shape index (κ1) is 16.0. The van der Waals surface area contributed by atoms with Crippen LogP contribution in [0.25, 0.3) is 0 Å². The van der Waals surface area contributed by atoms with Crippen molar-refractivity contribution in [2.75, 3.05) is 24.5 Å². The van der Waals surface area contributed by atoms with Gasteiger partial charge in [0, 0.05) is 25.7 Å². The van der Waals surface area contributed by atoms with Gasteiger partial charge < -0.3 is 4.90 Å². The average molecular weight is 333 g/mol. The molecular formula is C20H23N5. The van der Waals surface area contributed by atoms with Gasteiger partial charge in [0.25, 0.3) is 0 Å². The molecule has 3 heterocycles. The van der Waals surface area contributed by atoms with Crippen molar-refractivity contribution in [3.8, 4) is 6.07 Å². The molecule has 128 valence electrons. The van der Waals surface area contributed by atoms with E-state index < -0.39 is 0 Å². The highest BCUT2D eigenvalue weighted by Gasteiger charge is 2.36. The number of hydrogen-bond donors (Lipinski definition) is 0. The second-order valence-electron chi connectivity index (χ2n) is 7.03. The van der Waals surface area contributed by atoms with Gasteiger partial charge >= 0.3 is 0 Å². The van der Waals surface area contributed by atoms with Crippen molar-refractivity contribution in [1.82, 2.24) is 14.9 Å². The van der Waals surface area contributed by atoms with E-state index in [-0.39, 0.29) is 0 Å². The smallest absolute Gasteiger partial charge is 0.158 e. The van der Waals surface area contributed by atoms with Crippen molar-refractivity contribution < 1.29 is 0 Å². The number of aromatic nitrogens is 2. The van der Waals surface area contributed by atoms with Crippen LogP contribution in [0.15, 0.2) is 42.7 Å². The highest BCUT2D eigenvalue weighted by atomic mass is 15.2. The van der Waals surface area contributed by atoms with Crippen LogP contribution in [-0.4, -0.2) is 40.5 Å². The Balaban J connectivity index is 1.44. The van der Waals surface area contributed by atoms with Gasteiger partial charge in [0.15, 0.2) is 5.69 Å². The first-order valence-electron chi connectivity index (χ1n) is 9.08. The second-order valence-corrected chi connectivity index (χ2v) is 7.03. The lowest BCUT2D eigenvalue weighted by atomic mass is 9.83. The van der Waals surface area contributed by atoms with Crippen molar-refractivity contribution >= 4 is 5.82 Å². The van der Waals surface area contributed by atoms with E-state index >= 15 is 0 Å². The van der Waals surface area contributed by atoms with Gasteiger partial charge in [-0.15, -0.1) is 0 Å². The van der Waals surface area contributed by atoms with Crippen LogP contribution in [0.4, 0.5) is 5.82 Å². The van der Waals surface area contributed by atoms with E-state index in [4.69, 9.17) is 5.26 Å². The van der Waals surface area contributed by atoms with Crippen LogP contribution in [-0.2, 0) is 6.54 Å². The molecule has 2 fully saturated rings. The summed E-state index contributed by atoms with van der Waals surface area (Å²) in [6.45, 7) is 4.30. The number of hydrogen-bond acceptors (Lipinski definition) is 5. The highest BCUT2D eigenvalue weighted by Crippen LogP contribution is 2.33. The molecule has 1 aromatic heterocycles. The Kier molecular flexibility index (Phi) is 4.62. The molecule has 0 N–H and O–H groups in total. The van der Waals surface area contributed by atoms with Crippen molar-refractivity contribution in [1.29, 1.82) is 5.26 Å². The van der Waals surface area contributed by atoms with E-state index in [1.54, 1.807) is 12.4 Å². The summed E-state index contributed by atoms with van der Waals surface area (Å²) in [6, 6.07) is 13.5. The lowest BCUT2D eigenvalue weighted by molar-refractivity contribution is 0.0700. The summed E-state index contributed by atoms with van der Waals surface area (Å²) in [5.41, 5.74) is 1.79. The van der Waals surface area contributed by atoms with Gasteiger partial charge in [0.2, 0.25) is 0 Å². The summed E-state index contributed by atoms with van der Waals surface area (Å²) in [7, 11) is 0. The lowest BCUT2D eigenvalue weighted by Gasteiger charge is -2.47. The molecule has 5 heteroatoms. The van der Waals surface area contributed by atoms with Gasteiger partial charge in [-0.1, -0.05) is 30.3 Å². The van der Waals surface area contributed by atoms with Gasteiger partial charge in [-0.25, -0.2) is 9.97 Å². The normalized spacial score (nSPS) is 23.7. The second kappa shape index (κ2) is 7.20. The summed E-state index contributed by atoms with van der Waals surface area (Å²) < 4.78 is 0. The molecule has 2 aliphatic rings. The Labute approximate surface area is 148 Å². The van der Waals surface area contributed by atoms with Gasteiger partial charge in [0.1, 0.15) is 11.9 Å². The van der Waals surface area contributed by atoms with Crippen LogP contribution in [0, 0.1) is 17.2 Å². The largest absolute Gasteiger partial charge is 0.355 e. The number of nitriles is 1. The lowest BCUT2D eigenvalue weighted by Crippen LogP contribution is -2.53. The summed E-state index contributed by atoms with van der Waals surface area (Å²) in [6.07, 6.45) is 7.03. The maximum atomic E-state index is 8.87. The number of anilines is 1. The fourth-order valence-corrected chi connectivity index (χ4v) is 4.27. The fourth-order valence-electron chi connectivity index (χ4n) is 4.27. The molecule has 0 radical (unpaired) electrons. The first-order valence-corrected chi connectivity index (χ1v) is 9.08. The first-order chi connectivity index (χ1) is 12.3. The summed E-state index contributed by atoms with van der Waals surface area (Å²) in [5, 5.41) is 8.87. The molecule has 0 unspecified atom stereocenters. The number of fused-ring (bicyclic) bond motifs is 1. The van der Waals surface area contributed by atoms with Gasteiger partial charge in [0.05, 0.1) is 12.4 Å². The summed E-state index contributed by atoms with van der Waals surface area (Å²) in [4.78, 5) is 13.6. The van der Waals surface area contributed by atoms with Gasteiger partial charge in [-0.3, -0.25) is 4.90 Å². The van der Waals surface area contributed by atoms with Crippen LogP contribution >= 0.6 is 0 Å². The van der Waals surface area contributed by atoms with E-state index in [1.165, 1.54) is 31.4 Å². The van der Waals surface area contributed by atoms with Gasteiger partial charge in [-0.2, -0.15) is 5.26 Å². The van der Waals surface area contributed by atoms with E-state index in [0.29, 0.717) is 17.7 Å². The van der Waals surface area contributed by atoms with Crippen molar-refractivity contribution in [2.45, 2.75) is 31.8 Å². The molecule has 4 rings (SSSR count). The minimum absolute atomic E-state index is 0.380. The minimum atomic E-state index is 0.380. The zero-order valence-electron chi connectivity index (χ0n) is 14.4. The third-order valence-electron chi connectivity index (χ3n) is 5.49. The molecule has 2 atom stereocenters. The third kappa shape index (κ3) is 3.49. The van der Waals surface area contributed by atoms with Crippen molar-refractivity contribution in [3.05, 3.63) is 54.0 Å². The monoisotopic (exact) mass is 333 g/mol. The Bertz CT molecular complexity index is 737. The fraction of sp³-hybridized carbons (Fsp3) is 0.450. The Morgan fingerprint density at radius 1 is 1.08 bits per heavy atom. The molecule has 0 bridgehead atoms. The molecule has 0 spiro atoms. The number of likely N-dealkylation sites (tertiary alicyclic amines) is 1. The SMILES string of the molecule is N#Cc1cnc(N2CC[C@H]3[C@H](CCCN3Cc3ccccc3)C2)cn1. The molecule has 5 nitrogen and oxygen atoms in total. The summed E-state index contributed by atoms with van der Waals surface area (Å²) in [5.74, 6) is 1.58. The molecule has 0 aliphatic carbocycles. The Morgan fingerprint density at radius 2 is 1.96 bits per heavy atom. The van der Waals surface area contributed by atoms with E-state index in [0.717, 1.165) is 25.5 Å². The quantitative estimate of drug-likeness (QED) is 0.864. The number of rotatable bonds is 3. The maximum absolute atomic E-state index is 8.87. The van der Waals surface area contributed by atoms with E-state index in [1.807, 2.05) is 6.07 Å². The molecule has 0 amide bonds. The predicted molar refractivity (Wildman–Crippen MR) is 96.9 cm³/mol. The Hall–Kier alpha value is -2.45. The van der Waals surface area contributed by atoms with E-state index in [2.05, 4.69) is 50.1 Å². The predicted octanol–water partition coefficient (Wildman–Crippen LogP) is 2.84. The number of benzene rings is 1. The van der Waals surface area contributed by atoms with Crippen LogP contribution in [0.1, 0.15) is 30.5 Å². The zero-order valence-corrected chi connectivity index (χ0v) is 14.4. The third-order valence-corrected chi connectivity index (χ3v) is 5.49. The summed E-state index contributed by atoms with van der Waals surface area (Å²) >= 11 is 0. The van der Waals surface area contributed by atoms with Gasteiger partial charge in [-0.05, 0) is 37.3 Å². The molecule has 2 aromatic rings. The minimum Gasteiger partial charge on any atom is -0.355 e. The zero-order chi connectivity index (χ0) is 17.1. The topological polar surface area (TPSA) is 56.1 Å². The highest BCUT2D eigenvalue weighted by molar-refractivity contribution is 5.38.